The van der Waals surface area contributed by atoms with Crippen LogP contribution >= 0.6 is 23.8 Å². The summed E-state index contributed by atoms with van der Waals surface area (Å²) in [6.45, 7) is 6.91. The largest absolute Gasteiger partial charge is 0.490 e. The highest BCUT2D eigenvalue weighted by atomic mass is 35.5. The Morgan fingerprint density at radius 1 is 1.40 bits per heavy atom. The van der Waals surface area contributed by atoms with Crippen LogP contribution < -0.4 is 10.5 Å². The molecule has 2 rings (SSSR count). The van der Waals surface area contributed by atoms with Gasteiger partial charge in [0.1, 0.15) is 10.7 Å². The van der Waals surface area contributed by atoms with Gasteiger partial charge in [-0.25, -0.2) is 0 Å². The van der Waals surface area contributed by atoms with Gasteiger partial charge in [0.25, 0.3) is 0 Å². The lowest BCUT2D eigenvalue weighted by Gasteiger charge is -2.38. The molecule has 1 saturated carbocycles. The topological polar surface area (TPSA) is 35.2 Å². The van der Waals surface area contributed by atoms with E-state index in [-0.39, 0.29) is 6.10 Å². The number of rotatable bonds is 3. The molecule has 0 heterocycles. The van der Waals surface area contributed by atoms with Crippen LogP contribution in [0.2, 0.25) is 5.02 Å². The Kier molecular flexibility index (Phi) is 4.60. The fourth-order valence-corrected chi connectivity index (χ4v) is 3.82. The minimum Gasteiger partial charge on any atom is -0.490 e. The summed E-state index contributed by atoms with van der Waals surface area (Å²) in [6, 6.07) is 5.53. The van der Waals surface area contributed by atoms with Gasteiger partial charge in [-0.15, -0.1) is 0 Å². The average Bonchev–Trinajstić information content (AvgIpc) is 2.25. The molecule has 0 amide bonds. The molecule has 1 aliphatic carbocycles. The van der Waals surface area contributed by atoms with Crippen molar-refractivity contribution < 1.29 is 4.74 Å². The second kappa shape index (κ2) is 5.90. The van der Waals surface area contributed by atoms with Gasteiger partial charge in [0.15, 0.2) is 0 Å². The van der Waals surface area contributed by atoms with Gasteiger partial charge in [-0.1, -0.05) is 44.6 Å². The number of benzene rings is 1. The van der Waals surface area contributed by atoms with Crippen molar-refractivity contribution in [3.8, 4) is 5.75 Å². The molecule has 0 saturated heterocycles. The molecule has 2 unspecified atom stereocenters. The smallest absolute Gasteiger partial charge is 0.121 e. The lowest BCUT2D eigenvalue weighted by atomic mass is 9.71. The molecule has 2 atom stereocenters. The highest BCUT2D eigenvalue weighted by Gasteiger charge is 2.33. The third-order valence-electron chi connectivity index (χ3n) is 3.86. The van der Waals surface area contributed by atoms with Crippen molar-refractivity contribution in [2.75, 3.05) is 0 Å². The van der Waals surface area contributed by atoms with E-state index in [1.54, 1.807) is 0 Å². The summed E-state index contributed by atoms with van der Waals surface area (Å²) >= 11 is 11.1. The molecule has 20 heavy (non-hydrogen) atoms. The molecule has 0 aliphatic heterocycles. The summed E-state index contributed by atoms with van der Waals surface area (Å²) in [5, 5.41) is 0.554. The minimum absolute atomic E-state index is 0.250. The van der Waals surface area contributed by atoms with Crippen molar-refractivity contribution in [3.05, 3.63) is 28.8 Å². The van der Waals surface area contributed by atoms with Crippen LogP contribution in [-0.2, 0) is 0 Å². The third kappa shape index (κ3) is 3.86. The Bertz CT molecular complexity index is 515. The van der Waals surface area contributed by atoms with Crippen molar-refractivity contribution in [1.29, 1.82) is 0 Å². The molecule has 0 radical (unpaired) electrons. The van der Waals surface area contributed by atoms with Gasteiger partial charge in [-0.05, 0) is 48.8 Å². The Labute approximate surface area is 131 Å². The molecule has 2 N–H and O–H groups in total. The molecule has 1 fully saturated rings. The first-order valence-electron chi connectivity index (χ1n) is 7.03. The Morgan fingerprint density at radius 2 is 2.10 bits per heavy atom. The van der Waals surface area contributed by atoms with E-state index in [4.69, 9.17) is 34.3 Å². The predicted molar refractivity (Wildman–Crippen MR) is 88.6 cm³/mol. The molecule has 110 valence electrons. The van der Waals surface area contributed by atoms with Crippen LogP contribution in [0.25, 0.3) is 0 Å². The fourth-order valence-electron chi connectivity index (χ4n) is 3.31. The van der Waals surface area contributed by atoms with E-state index in [9.17, 15) is 0 Å². The van der Waals surface area contributed by atoms with Crippen LogP contribution in [0.3, 0.4) is 0 Å². The van der Waals surface area contributed by atoms with Crippen LogP contribution in [-0.4, -0.2) is 11.1 Å². The van der Waals surface area contributed by atoms with E-state index < -0.39 is 0 Å². The Balaban J connectivity index is 2.10. The summed E-state index contributed by atoms with van der Waals surface area (Å²) in [5.41, 5.74) is 6.65. The fraction of sp³-hybridized carbons (Fsp3) is 0.562. The van der Waals surface area contributed by atoms with E-state index in [1.807, 2.05) is 18.2 Å². The van der Waals surface area contributed by atoms with Crippen molar-refractivity contribution in [2.24, 2.45) is 17.1 Å². The first-order valence-corrected chi connectivity index (χ1v) is 7.81. The number of nitrogens with two attached hydrogens (primary N) is 1. The van der Waals surface area contributed by atoms with Gasteiger partial charge in [-0.2, -0.15) is 0 Å². The number of ether oxygens (including phenoxy) is 1. The Hall–Kier alpha value is -0.800. The summed E-state index contributed by atoms with van der Waals surface area (Å²) < 4.78 is 6.11. The van der Waals surface area contributed by atoms with Crippen LogP contribution in [0.5, 0.6) is 5.75 Å². The zero-order valence-corrected chi connectivity index (χ0v) is 13.9. The molecule has 2 nitrogen and oxygen atoms in total. The van der Waals surface area contributed by atoms with Gasteiger partial charge in [-0.3, -0.25) is 0 Å². The van der Waals surface area contributed by atoms with Crippen LogP contribution in [0.15, 0.2) is 18.2 Å². The van der Waals surface area contributed by atoms with E-state index in [1.165, 1.54) is 6.42 Å². The summed E-state index contributed by atoms with van der Waals surface area (Å²) in [4.78, 5) is 0.314. The lowest BCUT2D eigenvalue weighted by molar-refractivity contribution is 0.0563. The number of hydrogen-bond donors (Lipinski definition) is 1. The van der Waals surface area contributed by atoms with Crippen LogP contribution in [0.1, 0.15) is 45.6 Å². The number of thiocarbonyl (C=S) groups is 1. The van der Waals surface area contributed by atoms with Gasteiger partial charge in [0.05, 0.1) is 11.1 Å². The monoisotopic (exact) mass is 311 g/mol. The second-order valence-corrected chi connectivity index (χ2v) is 7.51. The van der Waals surface area contributed by atoms with Gasteiger partial charge < -0.3 is 10.5 Å². The maximum atomic E-state index is 6.18. The molecule has 0 bridgehead atoms. The number of halogens is 1. The standard InChI is InChI=1S/C16H22ClNOS/c1-10-6-12(9-16(2,3)8-10)19-11-4-5-13(15(18)20)14(17)7-11/h4-5,7,10,12H,6,8-9H2,1-3H3,(H2,18,20). The molecule has 1 aromatic rings. The molecule has 0 spiro atoms. The quantitative estimate of drug-likeness (QED) is 0.831. The van der Waals surface area contributed by atoms with E-state index in [0.29, 0.717) is 26.9 Å². The van der Waals surface area contributed by atoms with Crippen molar-refractivity contribution >= 4 is 28.8 Å². The molecule has 4 heteroatoms. The van der Waals surface area contributed by atoms with Crippen LogP contribution in [0, 0.1) is 11.3 Å². The van der Waals surface area contributed by atoms with Gasteiger partial charge in [0, 0.05) is 5.56 Å². The molecule has 1 aliphatic rings. The summed E-state index contributed by atoms with van der Waals surface area (Å²) in [6.07, 6.45) is 3.68. The molecular formula is C16H22ClNOS. The Morgan fingerprint density at radius 3 is 2.65 bits per heavy atom. The second-order valence-electron chi connectivity index (χ2n) is 6.66. The van der Waals surface area contributed by atoms with E-state index >= 15 is 0 Å². The maximum absolute atomic E-state index is 6.18. The van der Waals surface area contributed by atoms with E-state index in [2.05, 4.69) is 20.8 Å². The third-order valence-corrected chi connectivity index (χ3v) is 4.39. The minimum atomic E-state index is 0.250. The van der Waals surface area contributed by atoms with Crippen molar-refractivity contribution in [1.82, 2.24) is 0 Å². The van der Waals surface area contributed by atoms with Crippen LogP contribution in [0.4, 0.5) is 0 Å². The molecule has 1 aromatic carbocycles. The zero-order valence-electron chi connectivity index (χ0n) is 12.3. The molecular weight excluding hydrogens is 290 g/mol. The lowest BCUT2D eigenvalue weighted by Crippen LogP contribution is -2.34. The first-order chi connectivity index (χ1) is 9.27. The van der Waals surface area contributed by atoms with Gasteiger partial charge >= 0.3 is 0 Å². The zero-order chi connectivity index (χ0) is 14.9. The van der Waals surface area contributed by atoms with Gasteiger partial charge in [0.2, 0.25) is 0 Å². The van der Waals surface area contributed by atoms with Crippen molar-refractivity contribution in [2.45, 2.75) is 46.1 Å². The highest BCUT2D eigenvalue weighted by molar-refractivity contribution is 7.80. The van der Waals surface area contributed by atoms with E-state index in [0.717, 1.165) is 18.6 Å². The van der Waals surface area contributed by atoms with Crippen molar-refractivity contribution in [3.63, 3.8) is 0 Å². The predicted octanol–water partition coefficient (Wildman–Crippen LogP) is 4.57. The molecule has 0 aromatic heterocycles. The SMILES string of the molecule is CC1CC(Oc2ccc(C(N)=S)c(Cl)c2)CC(C)(C)C1. The summed E-state index contributed by atoms with van der Waals surface area (Å²) in [5.74, 6) is 1.49. The summed E-state index contributed by atoms with van der Waals surface area (Å²) in [7, 11) is 0. The average molecular weight is 312 g/mol. The highest BCUT2D eigenvalue weighted by Crippen LogP contribution is 2.40. The normalized spacial score (nSPS) is 25.2. The number of hydrogen-bond acceptors (Lipinski definition) is 2. The first kappa shape index (κ1) is 15.6. The maximum Gasteiger partial charge on any atom is 0.121 e.